The molecular formula is C26H30N2O6. The highest BCUT2D eigenvalue weighted by atomic mass is 16.5. The normalized spacial score (nSPS) is 19.7. The number of aliphatic carboxylic acids is 1. The van der Waals surface area contributed by atoms with E-state index in [0.29, 0.717) is 25.9 Å². The molecule has 1 unspecified atom stereocenters. The van der Waals surface area contributed by atoms with Gasteiger partial charge in [0.1, 0.15) is 6.61 Å². The molecule has 1 aliphatic carbocycles. The number of benzene rings is 2. The fourth-order valence-corrected chi connectivity index (χ4v) is 4.74. The second-order valence-electron chi connectivity index (χ2n) is 8.86. The van der Waals surface area contributed by atoms with Gasteiger partial charge in [0, 0.05) is 25.0 Å². The first-order chi connectivity index (χ1) is 16.4. The summed E-state index contributed by atoms with van der Waals surface area (Å²) in [6, 6.07) is 15.7. The van der Waals surface area contributed by atoms with Crippen molar-refractivity contribution in [1.82, 2.24) is 10.6 Å². The molecule has 1 heterocycles. The van der Waals surface area contributed by atoms with Crippen LogP contribution in [-0.4, -0.2) is 54.5 Å². The fraction of sp³-hybridized carbons (Fsp3) is 0.423. The zero-order valence-corrected chi connectivity index (χ0v) is 19.2. The van der Waals surface area contributed by atoms with Gasteiger partial charge >= 0.3 is 12.1 Å². The molecule has 3 N–H and O–H groups in total. The molecule has 180 valence electrons. The predicted molar refractivity (Wildman–Crippen MR) is 125 cm³/mol. The van der Waals surface area contributed by atoms with Crippen LogP contribution in [0.5, 0.6) is 0 Å². The van der Waals surface area contributed by atoms with E-state index in [2.05, 4.69) is 34.9 Å². The summed E-state index contributed by atoms with van der Waals surface area (Å²) in [4.78, 5) is 35.7. The molecule has 2 aromatic carbocycles. The van der Waals surface area contributed by atoms with Crippen LogP contribution in [0.2, 0.25) is 0 Å². The van der Waals surface area contributed by atoms with Gasteiger partial charge in [0.05, 0.1) is 6.04 Å². The third-order valence-electron chi connectivity index (χ3n) is 6.43. The van der Waals surface area contributed by atoms with Crippen molar-refractivity contribution in [2.45, 2.75) is 56.7 Å². The number of carboxylic acids is 1. The highest BCUT2D eigenvalue weighted by Crippen LogP contribution is 2.44. The van der Waals surface area contributed by atoms with Crippen LogP contribution in [0, 0.1) is 0 Å². The number of carboxylic acid groups (broad SMARTS) is 1. The second kappa shape index (κ2) is 10.7. The van der Waals surface area contributed by atoms with Crippen molar-refractivity contribution in [2.75, 3.05) is 13.2 Å². The molecule has 4 rings (SSSR count). The summed E-state index contributed by atoms with van der Waals surface area (Å²) < 4.78 is 10.7. The van der Waals surface area contributed by atoms with Crippen LogP contribution in [0.1, 0.15) is 49.7 Å². The zero-order valence-electron chi connectivity index (χ0n) is 19.2. The summed E-state index contributed by atoms with van der Waals surface area (Å²) in [5.74, 6) is -1.27. The van der Waals surface area contributed by atoms with Gasteiger partial charge in [-0.3, -0.25) is 4.79 Å². The summed E-state index contributed by atoms with van der Waals surface area (Å²) in [7, 11) is 0. The second-order valence-corrected chi connectivity index (χ2v) is 8.86. The first-order valence-electron chi connectivity index (χ1n) is 11.7. The number of hydrogen-bond donors (Lipinski definition) is 3. The lowest BCUT2D eigenvalue weighted by atomic mass is 9.98. The smallest absolute Gasteiger partial charge is 0.407 e. The molecule has 2 aliphatic rings. The molecule has 0 spiro atoms. The number of hydrogen-bond acceptors (Lipinski definition) is 5. The molecule has 0 saturated carbocycles. The van der Waals surface area contributed by atoms with E-state index in [0.717, 1.165) is 11.1 Å². The van der Waals surface area contributed by atoms with E-state index in [1.807, 2.05) is 31.2 Å². The van der Waals surface area contributed by atoms with E-state index in [1.54, 1.807) is 0 Å². The third-order valence-corrected chi connectivity index (χ3v) is 6.43. The van der Waals surface area contributed by atoms with Gasteiger partial charge < -0.3 is 25.2 Å². The van der Waals surface area contributed by atoms with Crippen molar-refractivity contribution in [1.29, 1.82) is 0 Å². The average Bonchev–Trinajstić information content (AvgIpc) is 3.40. The number of amides is 2. The molecule has 3 atom stereocenters. The molecule has 2 aromatic rings. The summed E-state index contributed by atoms with van der Waals surface area (Å²) in [6.45, 7) is 2.44. The van der Waals surface area contributed by atoms with Crippen LogP contribution in [0.3, 0.4) is 0 Å². The van der Waals surface area contributed by atoms with Crippen LogP contribution in [-0.2, 0) is 19.1 Å². The Labute approximate surface area is 198 Å². The number of fused-ring (bicyclic) bond motifs is 3. The molecule has 8 heteroatoms. The summed E-state index contributed by atoms with van der Waals surface area (Å²) in [6.07, 6.45) is 0.426. The Morgan fingerprint density at radius 1 is 1.09 bits per heavy atom. The number of carbonyl (C=O) groups is 3. The van der Waals surface area contributed by atoms with Crippen LogP contribution in [0.4, 0.5) is 4.79 Å². The van der Waals surface area contributed by atoms with Crippen molar-refractivity contribution in [3.8, 4) is 11.1 Å². The minimum absolute atomic E-state index is 0.00588. The molecule has 0 aromatic heterocycles. The van der Waals surface area contributed by atoms with Gasteiger partial charge in [0.25, 0.3) is 0 Å². The minimum Gasteiger partial charge on any atom is -0.479 e. The quantitative estimate of drug-likeness (QED) is 0.522. The zero-order chi connectivity index (χ0) is 24.1. The van der Waals surface area contributed by atoms with Crippen LogP contribution >= 0.6 is 0 Å². The maximum atomic E-state index is 12.4. The molecule has 0 bridgehead atoms. The lowest BCUT2D eigenvalue weighted by Gasteiger charge is -2.18. The van der Waals surface area contributed by atoms with Gasteiger partial charge in [0.15, 0.2) is 6.10 Å². The Kier molecular flexibility index (Phi) is 7.47. The van der Waals surface area contributed by atoms with Crippen molar-refractivity contribution in [3.05, 3.63) is 59.7 Å². The Hall–Kier alpha value is -3.39. The molecule has 34 heavy (non-hydrogen) atoms. The number of rotatable bonds is 9. The van der Waals surface area contributed by atoms with E-state index in [9.17, 15) is 14.4 Å². The van der Waals surface area contributed by atoms with Crippen molar-refractivity contribution in [2.24, 2.45) is 0 Å². The Bertz CT molecular complexity index is 1010. The van der Waals surface area contributed by atoms with Crippen LogP contribution < -0.4 is 10.6 Å². The van der Waals surface area contributed by atoms with Crippen LogP contribution in [0.15, 0.2) is 48.5 Å². The van der Waals surface area contributed by atoms with Crippen molar-refractivity contribution < 1.29 is 29.0 Å². The summed E-state index contributed by atoms with van der Waals surface area (Å²) in [5, 5.41) is 14.7. The number of alkyl carbamates (subject to hydrolysis) is 1. The van der Waals surface area contributed by atoms with E-state index in [4.69, 9.17) is 14.6 Å². The minimum atomic E-state index is -1.07. The van der Waals surface area contributed by atoms with E-state index < -0.39 is 24.2 Å². The molecule has 1 aliphatic heterocycles. The Balaban J connectivity index is 1.19. The van der Waals surface area contributed by atoms with Crippen LogP contribution in [0.25, 0.3) is 11.1 Å². The third kappa shape index (κ3) is 5.39. The predicted octanol–water partition coefficient (Wildman–Crippen LogP) is 3.44. The van der Waals surface area contributed by atoms with Gasteiger partial charge in [-0.15, -0.1) is 0 Å². The van der Waals surface area contributed by atoms with E-state index >= 15 is 0 Å². The van der Waals surface area contributed by atoms with Gasteiger partial charge in [-0.25, -0.2) is 9.59 Å². The maximum absolute atomic E-state index is 12.4. The molecular weight excluding hydrogens is 436 g/mol. The number of carbonyl (C=O) groups excluding carboxylic acids is 2. The topological polar surface area (TPSA) is 114 Å². The van der Waals surface area contributed by atoms with Gasteiger partial charge in [-0.2, -0.15) is 0 Å². The Morgan fingerprint density at radius 2 is 1.74 bits per heavy atom. The molecule has 0 radical (unpaired) electrons. The highest BCUT2D eigenvalue weighted by molar-refractivity contribution is 5.80. The molecule has 2 amide bonds. The SMILES string of the molecule is CC(CCCC(=O)N[C@@H]1CCO[C@@H]1C(=O)O)NC(=O)OCC1c2ccccc2-c2ccccc21. The number of ether oxygens (including phenoxy) is 2. The first-order valence-corrected chi connectivity index (χ1v) is 11.7. The van der Waals surface area contributed by atoms with Crippen molar-refractivity contribution >= 4 is 18.0 Å². The lowest BCUT2D eigenvalue weighted by Crippen LogP contribution is -2.44. The standard InChI is InChI=1S/C26H30N2O6/c1-16(7-6-12-23(29)28-22-13-14-33-24(22)25(30)31)27-26(32)34-15-21-19-10-4-2-8-17(19)18-9-3-5-11-20(18)21/h2-5,8-11,16,21-22,24H,6-7,12-15H2,1H3,(H,27,32)(H,28,29)(H,30,31)/t16?,22-,24+/m1/s1. The Morgan fingerprint density at radius 3 is 2.38 bits per heavy atom. The maximum Gasteiger partial charge on any atom is 0.407 e. The largest absolute Gasteiger partial charge is 0.479 e. The number of nitrogens with one attached hydrogen (secondary N) is 2. The average molecular weight is 467 g/mol. The van der Waals surface area contributed by atoms with E-state index in [-0.39, 0.29) is 30.9 Å². The van der Waals surface area contributed by atoms with Gasteiger partial charge in [-0.1, -0.05) is 48.5 Å². The fourth-order valence-electron chi connectivity index (χ4n) is 4.74. The first kappa shape index (κ1) is 23.8. The summed E-state index contributed by atoms with van der Waals surface area (Å²) in [5.41, 5.74) is 4.68. The van der Waals surface area contributed by atoms with E-state index in [1.165, 1.54) is 11.1 Å². The van der Waals surface area contributed by atoms with Gasteiger partial charge in [-0.05, 0) is 48.4 Å². The molecule has 8 nitrogen and oxygen atoms in total. The highest BCUT2D eigenvalue weighted by Gasteiger charge is 2.35. The molecule has 1 saturated heterocycles. The summed E-state index contributed by atoms with van der Waals surface area (Å²) >= 11 is 0. The van der Waals surface area contributed by atoms with Gasteiger partial charge in [0.2, 0.25) is 5.91 Å². The van der Waals surface area contributed by atoms with Crippen molar-refractivity contribution in [3.63, 3.8) is 0 Å². The monoisotopic (exact) mass is 466 g/mol. The molecule has 1 fully saturated rings. The lowest BCUT2D eigenvalue weighted by molar-refractivity contribution is -0.148.